The van der Waals surface area contributed by atoms with Crippen LogP contribution in [-0.2, 0) is 0 Å². The highest BCUT2D eigenvalue weighted by atomic mass is 32.2. The molecule has 3 N–H and O–H groups in total. The van der Waals surface area contributed by atoms with Gasteiger partial charge in [0, 0.05) is 17.9 Å². The molecule has 0 radical (unpaired) electrons. The lowest BCUT2D eigenvalue weighted by atomic mass is 10.2. The zero-order chi connectivity index (χ0) is 11.1. The molecule has 1 aromatic carbocycles. The second-order valence-corrected chi connectivity index (χ2v) is 4.69. The van der Waals surface area contributed by atoms with Crippen LogP contribution in [-0.4, -0.2) is 18.6 Å². The van der Waals surface area contributed by atoms with Crippen molar-refractivity contribution in [2.75, 3.05) is 29.6 Å². The van der Waals surface area contributed by atoms with Gasteiger partial charge in [-0.15, -0.1) is 0 Å². The second kappa shape index (κ2) is 6.62. The summed E-state index contributed by atoms with van der Waals surface area (Å²) < 4.78 is 0. The van der Waals surface area contributed by atoms with E-state index in [9.17, 15) is 0 Å². The number of aryl methyl sites for hydroxylation is 1. The van der Waals surface area contributed by atoms with Crippen LogP contribution in [0, 0.1) is 6.92 Å². The van der Waals surface area contributed by atoms with Crippen molar-refractivity contribution in [3.05, 3.63) is 23.8 Å². The van der Waals surface area contributed by atoms with E-state index in [0.717, 1.165) is 12.2 Å². The van der Waals surface area contributed by atoms with Gasteiger partial charge in [-0.1, -0.05) is 6.07 Å². The topological polar surface area (TPSA) is 38.0 Å². The molecular weight excluding hydrogens is 204 g/mol. The number of nitrogens with two attached hydrogens (primary N) is 1. The van der Waals surface area contributed by atoms with Crippen molar-refractivity contribution in [3.63, 3.8) is 0 Å². The third-order valence-corrected chi connectivity index (χ3v) is 3.05. The highest BCUT2D eigenvalue weighted by molar-refractivity contribution is 7.98. The van der Waals surface area contributed by atoms with E-state index in [0.29, 0.717) is 0 Å². The van der Waals surface area contributed by atoms with E-state index >= 15 is 0 Å². The van der Waals surface area contributed by atoms with Gasteiger partial charge in [0.1, 0.15) is 0 Å². The van der Waals surface area contributed by atoms with Gasteiger partial charge in [0.25, 0.3) is 0 Å². The zero-order valence-electron chi connectivity index (χ0n) is 9.55. The van der Waals surface area contributed by atoms with Gasteiger partial charge in [-0.3, -0.25) is 0 Å². The van der Waals surface area contributed by atoms with Crippen LogP contribution in [0.1, 0.15) is 18.4 Å². The fraction of sp³-hybridized carbons (Fsp3) is 0.500. The van der Waals surface area contributed by atoms with Gasteiger partial charge in [0.15, 0.2) is 0 Å². The summed E-state index contributed by atoms with van der Waals surface area (Å²) >= 11 is 1.91. The summed E-state index contributed by atoms with van der Waals surface area (Å²) in [5.74, 6) is 1.25. The molecule has 1 aromatic rings. The molecule has 84 valence electrons. The first kappa shape index (κ1) is 12.2. The monoisotopic (exact) mass is 224 g/mol. The molecule has 0 aromatic heterocycles. The number of hydrogen-bond donors (Lipinski definition) is 2. The molecular formula is C12H20N2S. The second-order valence-electron chi connectivity index (χ2n) is 3.70. The third kappa shape index (κ3) is 4.47. The molecule has 2 nitrogen and oxygen atoms in total. The molecule has 0 heterocycles. The molecule has 0 amide bonds. The molecule has 1 rings (SSSR count). The van der Waals surface area contributed by atoms with E-state index in [-0.39, 0.29) is 0 Å². The van der Waals surface area contributed by atoms with Gasteiger partial charge >= 0.3 is 0 Å². The van der Waals surface area contributed by atoms with Crippen LogP contribution < -0.4 is 11.1 Å². The van der Waals surface area contributed by atoms with Crippen molar-refractivity contribution in [2.45, 2.75) is 19.8 Å². The number of hydrogen-bond acceptors (Lipinski definition) is 3. The average molecular weight is 224 g/mol. The maximum absolute atomic E-state index is 5.74. The number of unbranched alkanes of at least 4 members (excludes halogenated alkanes) is 1. The van der Waals surface area contributed by atoms with Gasteiger partial charge in [-0.05, 0) is 49.5 Å². The number of benzene rings is 1. The standard InChI is InChI=1S/C12H20N2S/c1-10-5-6-11(13)9-12(10)14-7-3-4-8-15-2/h5-6,9,14H,3-4,7-8,13H2,1-2H3. The molecule has 0 aliphatic rings. The fourth-order valence-corrected chi connectivity index (χ4v) is 1.92. The van der Waals surface area contributed by atoms with Crippen LogP contribution in [0.4, 0.5) is 11.4 Å². The Hall–Kier alpha value is -0.830. The molecule has 3 heteroatoms. The molecule has 0 fully saturated rings. The predicted molar refractivity (Wildman–Crippen MR) is 71.7 cm³/mol. The van der Waals surface area contributed by atoms with Crippen molar-refractivity contribution < 1.29 is 0 Å². The third-order valence-electron chi connectivity index (χ3n) is 2.35. The molecule has 0 saturated heterocycles. The molecule has 0 spiro atoms. The van der Waals surface area contributed by atoms with Crippen LogP contribution in [0.3, 0.4) is 0 Å². The summed E-state index contributed by atoms with van der Waals surface area (Å²) in [5, 5.41) is 3.42. The number of nitrogen functional groups attached to an aromatic ring is 1. The highest BCUT2D eigenvalue weighted by Gasteiger charge is 1.97. The lowest BCUT2D eigenvalue weighted by molar-refractivity contribution is 0.843. The summed E-state index contributed by atoms with van der Waals surface area (Å²) in [6, 6.07) is 6.00. The van der Waals surface area contributed by atoms with Crippen molar-refractivity contribution >= 4 is 23.1 Å². The van der Waals surface area contributed by atoms with Crippen LogP contribution in [0.25, 0.3) is 0 Å². The van der Waals surface area contributed by atoms with Gasteiger partial charge < -0.3 is 11.1 Å². The Bertz CT molecular complexity index is 300. The number of rotatable bonds is 6. The lowest BCUT2D eigenvalue weighted by Gasteiger charge is -2.09. The first-order chi connectivity index (χ1) is 7.24. The molecule has 0 saturated carbocycles. The molecule has 0 unspecified atom stereocenters. The van der Waals surface area contributed by atoms with Gasteiger partial charge in [-0.25, -0.2) is 0 Å². The van der Waals surface area contributed by atoms with E-state index < -0.39 is 0 Å². The van der Waals surface area contributed by atoms with Crippen LogP contribution in [0.2, 0.25) is 0 Å². The Kier molecular flexibility index (Phi) is 5.40. The van der Waals surface area contributed by atoms with E-state index in [4.69, 9.17) is 5.73 Å². The quantitative estimate of drug-likeness (QED) is 0.576. The zero-order valence-corrected chi connectivity index (χ0v) is 10.4. The molecule has 15 heavy (non-hydrogen) atoms. The number of thioether (sulfide) groups is 1. The number of anilines is 2. The average Bonchev–Trinajstić information content (AvgIpc) is 2.23. The van der Waals surface area contributed by atoms with Crippen LogP contribution in [0.15, 0.2) is 18.2 Å². The molecule has 0 aliphatic heterocycles. The Labute approximate surface area is 96.6 Å². The van der Waals surface area contributed by atoms with Gasteiger partial charge in [0.05, 0.1) is 0 Å². The maximum atomic E-state index is 5.74. The summed E-state index contributed by atoms with van der Waals surface area (Å²) in [5.41, 5.74) is 8.99. The Morgan fingerprint density at radius 3 is 2.87 bits per heavy atom. The fourth-order valence-electron chi connectivity index (χ4n) is 1.42. The van der Waals surface area contributed by atoms with E-state index in [2.05, 4.69) is 24.6 Å². The summed E-state index contributed by atoms with van der Waals surface area (Å²) in [6.45, 7) is 3.13. The minimum absolute atomic E-state index is 0.826. The summed E-state index contributed by atoms with van der Waals surface area (Å²) in [7, 11) is 0. The van der Waals surface area contributed by atoms with Crippen molar-refractivity contribution in [2.24, 2.45) is 0 Å². The smallest absolute Gasteiger partial charge is 0.0390 e. The first-order valence-electron chi connectivity index (χ1n) is 5.33. The van der Waals surface area contributed by atoms with E-state index in [1.807, 2.05) is 23.9 Å². The van der Waals surface area contributed by atoms with Gasteiger partial charge in [-0.2, -0.15) is 11.8 Å². The summed E-state index contributed by atoms with van der Waals surface area (Å²) in [4.78, 5) is 0. The van der Waals surface area contributed by atoms with Crippen LogP contribution >= 0.6 is 11.8 Å². The summed E-state index contributed by atoms with van der Waals surface area (Å²) in [6.07, 6.45) is 4.64. The SMILES string of the molecule is CSCCCCNc1cc(N)ccc1C. The molecule has 0 bridgehead atoms. The predicted octanol–water partition coefficient (Wildman–Crippen LogP) is 3.13. The Morgan fingerprint density at radius 1 is 1.33 bits per heavy atom. The minimum Gasteiger partial charge on any atom is -0.399 e. The van der Waals surface area contributed by atoms with Crippen molar-refractivity contribution in [3.8, 4) is 0 Å². The highest BCUT2D eigenvalue weighted by Crippen LogP contribution is 2.18. The molecule has 0 aliphatic carbocycles. The van der Waals surface area contributed by atoms with Crippen molar-refractivity contribution in [1.82, 2.24) is 0 Å². The van der Waals surface area contributed by atoms with Crippen LogP contribution in [0.5, 0.6) is 0 Å². The minimum atomic E-state index is 0.826. The van der Waals surface area contributed by atoms with Crippen molar-refractivity contribution in [1.29, 1.82) is 0 Å². The van der Waals surface area contributed by atoms with E-state index in [1.54, 1.807) is 0 Å². The number of nitrogens with one attached hydrogen (secondary N) is 1. The molecule has 0 atom stereocenters. The van der Waals surface area contributed by atoms with E-state index in [1.165, 1.54) is 29.8 Å². The first-order valence-corrected chi connectivity index (χ1v) is 6.72. The lowest BCUT2D eigenvalue weighted by Crippen LogP contribution is -2.04. The van der Waals surface area contributed by atoms with Gasteiger partial charge in [0.2, 0.25) is 0 Å². The largest absolute Gasteiger partial charge is 0.399 e. The Balaban J connectivity index is 2.33. The Morgan fingerprint density at radius 2 is 2.13 bits per heavy atom. The maximum Gasteiger partial charge on any atom is 0.0390 e. The normalized spacial score (nSPS) is 10.3.